The fourth-order valence-electron chi connectivity index (χ4n) is 2.07. The van der Waals surface area contributed by atoms with Crippen molar-refractivity contribution in [1.82, 2.24) is 4.31 Å². The summed E-state index contributed by atoms with van der Waals surface area (Å²) in [7, 11) is -2.18. The molecule has 1 aliphatic rings. The number of carbonyl (C=O) groups excluding carboxylic acids is 1. The normalized spacial score (nSPS) is 19.6. The largest absolute Gasteiger partial charge is 0.468 e. The highest BCUT2D eigenvalue weighted by molar-refractivity contribution is 8.00. The smallest absolute Gasteiger partial charge is 0.315 e. The van der Waals surface area contributed by atoms with E-state index in [4.69, 9.17) is 11.6 Å². The summed E-state index contributed by atoms with van der Waals surface area (Å²) in [6, 6.07) is 6.25. The minimum Gasteiger partial charge on any atom is -0.468 e. The molecule has 1 fully saturated rings. The van der Waals surface area contributed by atoms with E-state index in [1.165, 1.54) is 35.3 Å². The van der Waals surface area contributed by atoms with Gasteiger partial charge < -0.3 is 4.74 Å². The summed E-state index contributed by atoms with van der Waals surface area (Å²) >= 11 is 7.28. The highest BCUT2D eigenvalue weighted by Crippen LogP contribution is 2.28. The van der Waals surface area contributed by atoms with Crippen molar-refractivity contribution in [2.24, 2.45) is 0 Å². The van der Waals surface area contributed by atoms with Gasteiger partial charge in [-0.3, -0.25) is 4.79 Å². The lowest BCUT2D eigenvalue weighted by Crippen LogP contribution is -2.29. The Labute approximate surface area is 133 Å². The Bertz CT molecular complexity index is 620. The minimum absolute atomic E-state index is 0.109. The zero-order chi connectivity index (χ0) is 15.5. The van der Waals surface area contributed by atoms with Crippen LogP contribution in [0.15, 0.2) is 29.2 Å². The molecule has 0 saturated carbocycles. The average molecular weight is 350 g/mol. The van der Waals surface area contributed by atoms with Gasteiger partial charge in [0.15, 0.2) is 0 Å². The Morgan fingerprint density at radius 2 is 2.29 bits per heavy atom. The SMILES string of the molecule is COC(=O)CS[C@H]1CCN(S(=O)(=O)c2cccc(Cl)c2)C1. The summed E-state index contributed by atoms with van der Waals surface area (Å²) in [6.45, 7) is 0.851. The molecule has 0 N–H and O–H groups in total. The predicted molar refractivity (Wildman–Crippen MR) is 83.1 cm³/mol. The number of hydrogen-bond acceptors (Lipinski definition) is 5. The Hall–Kier alpha value is -0.760. The van der Waals surface area contributed by atoms with Gasteiger partial charge in [0.05, 0.1) is 17.8 Å². The Balaban J connectivity index is 2.01. The lowest BCUT2D eigenvalue weighted by atomic mass is 10.4. The van der Waals surface area contributed by atoms with Gasteiger partial charge in [0.2, 0.25) is 10.0 Å². The molecule has 0 unspecified atom stereocenters. The molecule has 0 aromatic heterocycles. The van der Waals surface area contributed by atoms with Gasteiger partial charge in [-0.05, 0) is 24.6 Å². The van der Waals surface area contributed by atoms with Crippen molar-refractivity contribution in [3.05, 3.63) is 29.3 Å². The molecule has 1 atom stereocenters. The second kappa shape index (κ2) is 7.00. The topological polar surface area (TPSA) is 63.7 Å². The molecule has 1 saturated heterocycles. The van der Waals surface area contributed by atoms with E-state index in [9.17, 15) is 13.2 Å². The molecule has 1 aromatic rings. The molecule has 1 aliphatic heterocycles. The zero-order valence-electron chi connectivity index (χ0n) is 11.5. The van der Waals surface area contributed by atoms with Crippen LogP contribution in [0.1, 0.15) is 6.42 Å². The van der Waals surface area contributed by atoms with E-state index in [0.29, 0.717) is 18.1 Å². The molecule has 8 heteroatoms. The zero-order valence-corrected chi connectivity index (χ0v) is 13.9. The monoisotopic (exact) mass is 349 g/mol. The summed E-state index contributed by atoms with van der Waals surface area (Å²) < 4.78 is 31.0. The third-order valence-corrected chi connectivity index (χ3v) is 6.56. The van der Waals surface area contributed by atoms with Gasteiger partial charge in [-0.25, -0.2) is 8.42 Å². The first kappa shape index (κ1) is 16.6. The number of methoxy groups -OCH3 is 1. The molecule has 2 rings (SSSR count). The van der Waals surface area contributed by atoms with Gasteiger partial charge in [0.25, 0.3) is 0 Å². The Morgan fingerprint density at radius 3 is 2.95 bits per heavy atom. The van der Waals surface area contributed by atoms with Crippen LogP contribution in [0.3, 0.4) is 0 Å². The standard InChI is InChI=1S/C13H16ClNO4S2/c1-19-13(16)9-20-11-5-6-15(8-11)21(17,18)12-4-2-3-10(14)7-12/h2-4,7,11H,5-6,8-9H2,1H3/t11-/m0/s1. The number of ether oxygens (including phenoxy) is 1. The van der Waals surface area contributed by atoms with Crippen molar-refractivity contribution >= 4 is 39.4 Å². The van der Waals surface area contributed by atoms with Crippen molar-refractivity contribution in [2.75, 3.05) is 26.0 Å². The average Bonchev–Trinajstić information content (AvgIpc) is 2.94. The summed E-state index contributed by atoms with van der Waals surface area (Å²) in [5.41, 5.74) is 0. The quantitative estimate of drug-likeness (QED) is 0.761. The van der Waals surface area contributed by atoms with Crippen LogP contribution in [-0.2, 0) is 19.6 Å². The van der Waals surface area contributed by atoms with E-state index in [-0.39, 0.29) is 21.9 Å². The van der Waals surface area contributed by atoms with Gasteiger partial charge in [-0.15, -0.1) is 11.8 Å². The molecule has 5 nitrogen and oxygen atoms in total. The third kappa shape index (κ3) is 4.12. The number of halogens is 1. The Kier molecular flexibility index (Phi) is 5.54. The molecule has 1 heterocycles. The first-order chi connectivity index (χ1) is 9.93. The number of sulfonamides is 1. The van der Waals surface area contributed by atoms with Gasteiger partial charge in [-0.1, -0.05) is 17.7 Å². The first-order valence-electron chi connectivity index (χ1n) is 6.37. The van der Waals surface area contributed by atoms with Crippen molar-refractivity contribution < 1.29 is 17.9 Å². The molecular weight excluding hydrogens is 334 g/mol. The summed E-state index contributed by atoms with van der Waals surface area (Å²) in [5, 5.41) is 0.505. The molecule has 0 bridgehead atoms. The first-order valence-corrected chi connectivity index (χ1v) is 9.24. The Morgan fingerprint density at radius 1 is 1.52 bits per heavy atom. The number of thioether (sulfide) groups is 1. The van der Waals surface area contributed by atoms with Gasteiger partial charge >= 0.3 is 5.97 Å². The number of carbonyl (C=O) groups is 1. The highest BCUT2D eigenvalue weighted by atomic mass is 35.5. The van der Waals surface area contributed by atoms with Crippen LogP contribution >= 0.6 is 23.4 Å². The van der Waals surface area contributed by atoms with E-state index in [1.807, 2.05) is 0 Å². The maximum atomic E-state index is 12.5. The number of hydrogen-bond donors (Lipinski definition) is 0. The summed E-state index contributed by atoms with van der Waals surface area (Å²) in [6.07, 6.45) is 0.724. The predicted octanol–water partition coefficient (Wildman–Crippen LogP) is 2.01. The molecule has 0 radical (unpaired) electrons. The van der Waals surface area contributed by atoms with E-state index >= 15 is 0 Å². The number of benzene rings is 1. The van der Waals surface area contributed by atoms with E-state index in [0.717, 1.165) is 6.42 Å². The third-order valence-electron chi connectivity index (χ3n) is 3.21. The summed E-state index contributed by atoms with van der Waals surface area (Å²) in [4.78, 5) is 11.3. The fourth-order valence-corrected chi connectivity index (χ4v) is 5.02. The molecule has 0 aliphatic carbocycles. The van der Waals surface area contributed by atoms with Crippen molar-refractivity contribution in [3.8, 4) is 0 Å². The molecule has 21 heavy (non-hydrogen) atoms. The summed E-state index contributed by atoms with van der Waals surface area (Å²) in [5.74, 6) is -0.0530. The molecule has 0 amide bonds. The molecule has 116 valence electrons. The van der Waals surface area contributed by atoms with Crippen molar-refractivity contribution in [1.29, 1.82) is 0 Å². The number of esters is 1. The van der Waals surface area contributed by atoms with Gasteiger partial charge in [0.1, 0.15) is 0 Å². The fraction of sp³-hybridized carbons (Fsp3) is 0.462. The van der Waals surface area contributed by atoms with Crippen molar-refractivity contribution in [3.63, 3.8) is 0 Å². The second-order valence-electron chi connectivity index (χ2n) is 4.62. The van der Waals surface area contributed by atoms with Gasteiger partial charge in [0, 0.05) is 23.4 Å². The number of nitrogens with zero attached hydrogens (tertiary/aromatic N) is 1. The van der Waals surface area contributed by atoms with Crippen LogP contribution in [0.4, 0.5) is 0 Å². The van der Waals surface area contributed by atoms with E-state index in [2.05, 4.69) is 4.74 Å². The molecule has 1 aromatic carbocycles. The molecule has 0 spiro atoms. The van der Waals surface area contributed by atoms with E-state index < -0.39 is 10.0 Å². The van der Waals surface area contributed by atoms with Crippen LogP contribution in [0, 0.1) is 0 Å². The van der Waals surface area contributed by atoms with Crippen LogP contribution in [-0.4, -0.2) is 49.9 Å². The van der Waals surface area contributed by atoms with Crippen LogP contribution in [0.25, 0.3) is 0 Å². The number of rotatable bonds is 5. The maximum Gasteiger partial charge on any atom is 0.315 e. The van der Waals surface area contributed by atoms with Crippen molar-refractivity contribution in [2.45, 2.75) is 16.6 Å². The highest BCUT2D eigenvalue weighted by Gasteiger charge is 2.33. The maximum absolute atomic E-state index is 12.5. The van der Waals surface area contributed by atoms with Crippen LogP contribution in [0.2, 0.25) is 5.02 Å². The second-order valence-corrected chi connectivity index (χ2v) is 8.28. The minimum atomic E-state index is -3.52. The van der Waals surface area contributed by atoms with E-state index in [1.54, 1.807) is 12.1 Å². The lowest BCUT2D eigenvalue weighted by Gasteiger charge is -2.16. The van der Waals surface area contributed by atoms with Crippen LogP contribution < -0.4 is 0 Å². The lowest BCUT2D eigenvalue weighted by molar-refractivity contribution is -0.137. The van der Waals surface area contributed by atoms with Crippen LogP contribution in [0.5, 0.6) is 0 Å². The molecular formula is C13H16ClNO4S2. The van der Waals surface area contributed by atoms with Gasteiger partial charge in [-0.2, -0.15) is 4.31 Å².